The first-order valence-corrected chi connectivity index (χ1v) is 5.67. The number of fused-ring (bicyclic) bond motifs is 1. The summed E-state index contributed by atoms with van der Waals surface area (Å²) in [6, 6.07) is 9.20. The topological polar surface area (TPSA) is 80.4 Å². The number of aromatic nitrogens is 4. The fourth-order valence-electron chi connectivity index (χ4n) is 1.97. The molecule has 0 saturated heterocycles. The molecule has 0 aliphatic carbocycles. The zero-order chi connectivity index (χ0) is 13.4. The van der Waals surface area contributed by atoms with Crippen LogP contribution in [0.1, 0.15) is 16.1 Å². The first kappa shape index (κ1) is 11.3. The summed E-state index contributed by atoms with van der Waals surface area (Å²) in [6.45, 7) is 1.96. The van der Waals surface area contributed by atoms with Gasteiger partial charge in [0.2, 0.25) is 0 Å². The highest BCUT2D eigenvalue weighted by molar-refractivity contribution is 5.87. The maximum atomic E-state index is 11.1. The van der Waals surface area contributed by atoms with Crippen LogP contribution >= 0.6 is 0 Å². The lowest BCUT2D eigenvalue weighted by molar-refractivity contribution is 0.0690. The molecule has 0 aliphatic rings. The van der Waals surface area contributed by atoms with Crippen molar-refractivity contribution in [2.75, 3.05) is 0 Å². The Morgan fingerprint density at radius 1 is 1.32 bits per heavy atom. The number of hydrogen-bond acceptors (Lipinski definition) is 4. The van der Waals surface area contributed by atoms with Crippen LogP contribution in [0.2, 0.25) is 0 Å². The second kappa shape index (κ2) is 4.16. The minimum absolute atomic E-state index is 0.0428. The third-order valence-corrected chi connectivity index (χ3v) is 2.89. The quantitative estimate of drug-likeness (QED) is 0.754. The number of nitrogens with zero attached hydrogens (tertiary/aromatic N) is 4. The van der Waals surface area contributed by atoms with E-state index in [0.29, 0.717) is 5.69 Å². The van der Waals surface area contributed by atoms with Gasteiger partial charge in [-0.15, -0.1) is 0 Å². The molecule has 0 aliphatic heterocycles. The molecule has 2 heterocycles. The van der Waals surface area contributed by atoms with E-state index >= 15 is 0 Å². The van der Waals surface area contributed by atoms with Crippen LogP contribution in [0.25, 0.3) is 17.0 Å². The van der Waals surface area contributed by atoms with Gasteiger partial charge in [0.25, 0.3) is 5.78 Å². The number of carboxylic acid groups (broad SMARTS) is 1. The van der Waals surface area contributed by atoms with Crippen molar-refractivity contribution in [2.45, 2.75) is 6.92 Å². The van der Waals surface area contributed by atoms with E-state index in [1.54, 1.807) is 0 Å². The Balaban J connectivity index is 2.36. The average molecular weight is 254 g/mol. The first-order valence-electron chi connectivity index (χ1n) is 5.67. The third kappa shape index (κ3) is 1.83. The van der Waals surface area contributed by atoms with Crippen molar-refractivity contribution in [1.29, 1.82) is 0 Å². The van der Waals surface area contributed by atoms with Crippen LogP contribution in [0.4, 0.5) is 0 Å². The Bertz CT molecular complexity index is 779. The molecule has 0 radical (unpaired) electrons. The molecule has 2 aromatic heterocycles. The molecule has 0 bridgehead atoms. The number of aromatic carboxylic acids is 1. The van der Waals surface area contributed by atoms with Crippen LogP contribution in [0.3, 0.4) is 0 Å². The number of rotatable bonds is 2. The molecule has 3 aromatic rings. The Kier molecular flexibility index (Phi) is 2.49. The van der Waals surface area contributed by atoms with Gasteiger partial charge in [-0.3, -0.25) is 0 Å². The summed E-state index contributed by atoms with van der Waals surface area (Å²) in [5.41, 5.74) is 2.56. The van der Waals surface area contributed by atoms with Gasteiger partial charge in [-0.1, -0.05) is 24.3 Å². The van der Waals surface area contributed by atoms with Gasteiger partial charge >= 0.3 is 5.97 Å². The van der Waals surface area contributed by atoms with Crippen molar-refractivity contribution in [3.63, 3.8) is 0 Å². The molecule has 19 heavy (non-hydrogen) atoms. The molecule has 1 aromatic carbocycles. The summed E-state index contributed by atoms with van der Waals surface area (Å²) in [5.74, 6) is -0.807. The van der Waals surface area contributed by atoms with Gasteiger partial charge in [-0.25, -0.2) is 9.78 Å². The predicted molar refractivity (Wildman–Crippen MR) is 67.9 cm³/mol. The van der Waals surface area contributed by atoms with Gasteiger partial charge < -0.3 is 5.11 Å². The highest BCUT2D eigenvalue weighted by atomic mass is 16.4. The van der Waals surface area contributed by atoms with E-state index in [1.165, 1.54) is 16.9 Å². The minimum atomic E-state index is -1.08. The maximum absolute atomic E-state index is 11.1. The van der Waals surface area contributed by atoms with Crippen molar-refractivity contribution in [3.8, 4) is 11.3 Å². The van der Waals surface area contributed by atoms with E-state index in [2.05, 4.69) is 15.1 Å². The van der Waals surface area contributed by atoms with Gasteiger partial charge in [0, 0.05) is 5.56 Å². The molecule has 0 amide bonds. The molecule has 94 valence electrons. The SMILES string of the molecule is Cc1ccccc1-c1cc(C(=O)O)nc2ncnn12. The largest absolute Gasteiger partial charge is 0.477 e. The van der Waals surface area contributed by atoms with Crippen LogP contribution in [0, 0.1) is 6.92 Å². The summed E-state index contributed by atoms with van der Waals surface area (Å²) >= 11 is 0. The van der Waals surface area contributed by atoms with Crippen molar-refractivity contribution in [2.24, 2.45) is 0 Å². The molecule has 3 rings (SSSR count). The summed E-state index contributed by atoms with van der Waals surface area (Å²) in [7, 11) is 0. The van der Waals surface area contributed by atoms with Crippen LogP contribution in [0.5, 0.6) is 0 Å². The molecule has 6 nitrogen and oxygen atoms in total. The molecule has 1 N–H and O–H groups in total. The van der Waals surface area contributed by atoms with Crippen LogP contribution in [-0.4, -0.2) is 30.7 Å². The number of aryl methyl sites for hydroxylation is 1. The van der Waals surface area contributed by atoms with Gasteiger partial charge in [0.1, 0.15) is 6.33 Å². The molecule has 0 spiro atoms. The van der Waals surface area contributed by atoms with Gasteiger partial charge in [0.05, 0.1) is 5.69 Å². The lowest BCUT2D eigenvalue weighted by atomic mass is 10.1. The molecule has 0 fully saturated rings. The van der Waals surface area contributed by atoms with E-state index in [-0.39, 0.29) is 11.5 Å². The molecule has 0 saturated carbocycles. The van der Waals surface area contributed by atoms with Gasteiger partial charge in [-0.2, -0.15) is 14.6 Å². The van der Waals surface area contributed by atoms with Gasteiger partial charge in [-0.05, 0) is 18.6 Å². The summed E-state index contributed by atoms with van der Waals surface area (Å²) < 4.78 is 1.54. The standard InChI is InChI=1S/C13H10N4O2/c1-8-4-2-3-5-9(8)11-6-10(12(18)19)16-13-14-7-15-17(11)13/h2-7H,1H3,(H,18,19). The van der Waals surface area contributed by atoms with E-state index in [9.17, 15) is 4.79 Å². The number of hydrogen-bond donors (Lipinski definition) is 1. The summed E-state index contributed by atoms with van der Waals surface area (Å²) in [5, 5.41) is 13.2. The normalized spacial score (nSPS) is 10.8. The Morgan fingerprint density at radius 3 is 2.84 bits per heavy atom. The lowest BCUT2D eigenvalue weighted by Gasteiger charge is -2.08. The monoisotopic (exact) mass is 254 g/mol. The third-order valence-electron chi connectivity index (χ3n) is 2.89. The van der Waals surface area contributed by atoms with Crippen LogP contribution in [0.15, 0.2) is 36.7 Å². The van der Waals surface area contributed by atoms with Crippen molar-refractivity contribution < 1.29 is 9.90 Å². The summed E-state index contributed by atoms with van der Waals surface area (Å²) in [4.78, 5) is 19.0. The van der Waals surface area contributed by atoms with E-state index in [4.69, 9.17) is 5.11 Å². The van der Waals surface area contributed by atoms with Crippen LogP contribution in [-0.2, 0) is 0 Å². The number of carboxylic acids is 1. The number of carbonyl (C=O) groups is 1. The molecule has 0 atom stereocenters. The Hall–Kier alpha value is -2.76. The highest BCUT2D eigenvalue weighted by Crippen LogP contribution is 2.23. The lowest BCUT2D eigenvalue weighted by Crippen LogP contribution is -2.06. The average Bonchev–Trinajstić information content (AvgIpc) is 2.86. The Labute approximate surface area is 108 Å². The molecule has 6 heteroatoms. The molecular formula is C13H10N4O2. The highest BCUT2D eigenvalue weighted by Gasteiger charge is 2.14. The fourth-order valence-corrected chi connectivity index (χ4v) is 1.97. The predicted octanol–water partition coefficient (Wildman–Crippen LogP) is 1.80. The van der Waals surface area contributed by atoms with E-state index < -0.39 is 5.97 Å². The van der Waals surface area contributed by atoms with Crippen molar-refractivity contribution in [3.05, 3.63) is 47.9 Å². The Morgan fingerprint density at radius 2 is 2.11 bits per heavy atom. The van der Waals surface area contributed by atoms with Crippen molar-refractivity contribution in [1.82, 2.24) is 19.6 Å². The smallest absolute Gasteiger partial charge is 0.354 e. The maximum Gasteiger partial charge on any atom is 0.354 e. The van der Waals surface area contributed by atoms with Crippen molar-refractivity contribution >= 4 is 11.7 Å². The summed E-state index contributed by atoms with van der Waals surface area (Å²) in [6.07, 6.45) is 1.36. The zero-order valence-corrected chi connectivity index (χ0v) is 10.1. The fraction of sp³-hybridized carbons (Fsp3) is 0.0769. The van der Waals surface area contributed by atoms with Crippen LogP contribution < -0.4 is 0 Å². The van der Waals surface area contributed by atoms with E-state index in [0.717, 1.165) is 11.1 Å². The van der Waals surface area contributed by atoms with E-state index in [1.807, 2.05) is 31.2 Å². The second-order valence-electron chi connectivity index (χ2n) is 4.12. The van der Waals surface area contributed by atoms with Gasteiger partial charge in [0.15, 0.2) is 5.69 Å². The molecular weight excluding hydrogens is 244 g/mol. The number of benzene rings is 1. The second-order valence-corrected chi connectivity index (χ2v) is 4.12. The first-order chi connectivity index (χ1) is 9.16. The molecule has 0 unspecified atom stereocenters. The zero-order valence-electron chi connectivity index (χ0n) is 10.1. The minimum Gasteiger partial charge on any atom is -0.477 e.